The average molecular weight is 230 g/mol. The highest BCUT2D eigenvalue weighted by Crippen LogP contribution is 2.17. The first-order valence-electron chi connectivity index (χ1n) is 4.03. The van der Waals surface area contributed by atoms with Gasteiger partial charge in [0, 0.05) is 6.26 Å². The smallest absolute Gasteiger partial charge is 0.337 e. The van der Waals surface area contributed by atoms with Gasteiger partial charge in [0.2, 0.25) is 0 Å². The number of aliphatic carboxylic acids is 1. The van der Waals surface area contributed by atoms with Gasteiger partial charge >= 0.3 is 5.97 Å². The molecule has 2 N–H and O–H groups in total. The Kier molecular flexibility index (Phi) is 3.11. The number of benzene rings is 1. The molecule has 0 saturated carbocycles. The summed E-state index contributed by atoms with van der Waals surface area (Å²) in [5.74, 6) is -1.42. The number of aliphatic hydroxyl groups excluding tert-OH is 1. The molecular formula is C9H10O5S. The molecule has 0 bridgehead atoms. The van der Waals surface area contributed by atoms with Crippen LogP contribution in [-0.4, -0.2) is 30.9 Å². The van der Waals surface area contributed by atoms with Crippen LogP contribution >= 0.6 is 0 Å². The van der Waals surface area contributed by atoms with Crippen LogP contribution in [0.2, 0.25) is 0 Å². The molecule has 82 valence electrons. The van der Waals surface area contributed by atoms with Gasteiger partial charge in [-0.3, -0.25) is 0 Å². The van der Waals surface area contributed by atoms with Crippen LogP contribution in [0.4, 0.5) is 0 Å². The summed E-state index contributed by atoms with van der Waals surface area (Å²) in [6.07, 6.45) is -0.689. The Morgan fingerprint density at radius 1 is 1.40 bits per heavy atom. The van der Waals surface area contributed by atoms with Crippen molar-refractivity contribution in [3.63, 3.8) is 0 Å². The van der Waals surface area contributed by atoms with Crippen LogP contribution in [0.25, 0.3) is 0 Å². The summed E-state index contributed by atoms with van der Waals surface area (Å²) in [5, 5.41) is 17.7. The van der Waals surface area contributed by atoms with E-state index in [-0.39, 0.29) is 10.5 Å². The zero-order valence-corrected chi connectivity index (χ0v) is 8.73. The van der Waals surface area contributed by atoms with Crippen LogP contribution in [-0.2, 0) is 14.6 Å². The summed E-state index contributed by atoms with van der Waals surface area (Å²) in [4.78, 5) is 10.4. The van der Waals surface area contributed by atoms with Gasteiger partial charge in [-0.15, -0.1) is 0 Å². The van der Waals surface area contributed by atoms with Gasteiger partial charge in [-0.2, -0.15) is 0 Å². The molecule has 0 radical (unpaired) electrons. The van der Waals surface area contributed by atoms with Crippen LogP contribution in [0.1, 0.15) is 11.7 Å². The summed E-state index contributed by atoms with van der Waals surface area (Å²) >= 11 is 0. The van der Waals surface area contributed by atoms with Gasteiger partial charge in [-0.05, 0) is 17.7 Å². The van der Waals surface area contributed by atoms with Gasteiger partial charge in [0.1, 0.15) is 0 Å². The molecule has 1 aromatic carbocycles. The lowest BCUT2D eigenvalue weighted by molar-refractivity contribution is -0.146. The third-order valence-electron chi connectivity index (χ3n) is 1.84. The molecule has 0 fully saturated rings. The number of rotatable bonds is 3. The van der Waals surface area contributed by atoms with Crippen molar-refractivity contribution >= 4 is 15.8 Å². The van der Waals surface area contributed by atoms with Crippen molar-refractivity contribution < 1.29 is 23.4 Å². The monoisotopic (exact) mass is 230 g/mol. The quantitative estimate of drug-likeness (QED) is 0.774. The second-order valence-electron chi connectivity index (χ2n) is 3.09. The molecule has 0 amide bonds. The molecule has 1 atom stereocenters. The Bertz CT molecular complexity index is 477. The van der Waals surface area contributed by atoms with E-state index in [1.165, 1.54) is 18.2 Å². The topological polar surface area (TPSA) is 91.7 Å². The third-order valence-corrected chi connectivity index (χ3v) is 2.95. The maximum atomic E-state index is 11.1. The number of carboxylic acids is 1. The largest absolute Gasteiger partial charge is 0.479 e. The van der Waals surface area contributed by atoms with Crippen LogP contribution in [0.5, 0.6) is 0 Å². The normalized spacial score (nSPS) is 13.5. The lowest BCUT2D eigenvalue weighted by Gasteiger charge is -2.06. The Labute approximate surface area is 86.9 Å². The minimum Gasteiger partial charge on any atom is -0.479 e. The molecule has 1 unspecified atom stereocenters. The maximum Gasteiger partial charge on any atom is 0.337 e. The Morgan fingerprint density at radius 2 is 2.00 bits per heavy atom. The van der Waals surface area contributed by atoms with Gasteiger partial charge in [0.05, 0.1) is 4.90 Å². The lowest BCUT2D eigenvalue weighted by atomic mass is 10.1. The van der Waals surface area contributed by atoms with E-state index in [0.29, 0.717) is 0 Å². The van der Waals surface area contributed by atoms with E-state index in [1.807, 2.05) is 0 Å². The Balaban J connectivity index is 3.20. The Morgan fingerprint density at radius 3 is 2.47 bits per heavy atom. The number of hydrogen-bond donors (Lipinski definition) is 2. The van der Waals surface area contributed by atoms with E-state index >= 15 is 0 Å². The second-order valence-corrected chi connectivity index (χ2v) is 5.10. The molecule has 5 nitrogen and oxygen atoms in total. The fourth-order valence-electron chi connectivity index (χ4n) is 1.06. The fraction of sp³-hybridized carbons (Fsp3) is 0.222. The number of hydrogen-bond acceptors (Lipinski definition) is 4. The van der Waals surface area contributed by atoms with Crippen LogP contribution < -0.4 is 0 Å². The van der Waals surface area contributed by atoms with E-state index in [9.17, 15) is 18.3 Å². The van der Waals surface area contributed by atoms with E-state index in [1.54, 1.807) is 0 Å². The van der Waals surface area contributed by atoms with Crippen molar-refractivity contribution in [2.24, 2.45) is 0 Å². The minimum atomic E-state index is -3.39. The van der Waals surface area contributed by atoms with E-state index in [4.69, 9.17) is 5.11 Å². The Hall–Kier alpha value is -1.40. The highest BCUT2D eigenvalue weighted by molar-refractivity contribution is 7.90. The molecule has 0 spiro atoms. The van der Waals surface area contributed by atoms with Gasteiger partial charge in [-0.1, -0.05) is 12.1 Å². The summed E-state index contributed by atoms with van der Waals surface area (Å²) in [5.41, 5.74) is 0.0467. The van der Waals surface area contributed by atoms with E-state index < -0.39 is 21.9 Å². The highest BCUT2D eigenvalue weighted by atomic mass is 32.2. The van der Waals surface area contributed by atoms with Gasteiger partial charge in [0.25, 0.3) is 0 Å². The number of carbonyl (C=O) groups is 1. The molecule has 0 aliphatic carbocycles. The maximum absolute atomic E-state index is 11.1. The predicted molar refractivity (Wildman–Crippen MR) is 52.1 cm³/mol. The van der Waals surface area contributed by atoms with Gasteiger partial charge in [-0.25, -0.2) is 13.2 Å². The molecule has 0 aliphatic heterocycles. The van der Waals surface area contributed by atoms with Crippen molar-refractivity contribution in [1.29, 1.82) is 0 Å². The average Bonchev–Trinajstić information content (AvgIpc) is 2.15. The van der Waals surface area contributed by atoms with Crippen molar-refractivity contribution in [1.82, 2.24) is 0 Å². The van der Waals surface area contributed by atoms with Crippen molar-refractivity contribution in [3.05, 3.63) is 29.8 Å². The molecule has 1 aromatic rings. The zero-order chi connectivity index (χ0) is 11.6. The number of sulfone groups is 1. The molecule has 1 rings (SSSR count). The van der Waals surface area contributed by atoms with Crippen LogP contribution in [0.3, 0.4) is 0 Å². The first kappa shape index (κ1) is 11.7. The van der Waals surface area contributed by atoms with Crippen LogP contribution in [0.15, 0.2) is 29.2 Å². The van der Waals surface area contributed by atoms with E-state index in [0.717, 1.165) is 12.3 Å². The molecule has 0 aliphatic rings. The number of aliphatic hydroxyl groups is 1. The number of carboxylic acid groups (broad SMARTS) is 1. The summed E-state index contributed by atoms with van der Waals surface area (Å²) in [6.45, 7) is 0. The molecule has 0 aromatic heterocycles. The van der Waals surface area contributed by atoms with Crippen molar-refractivity contribution in [2.75, 3.05) is 6.26 Å². The first-order valence-corrected chi connectivity index (χ1v) is 5.92. The standard InChI is InChI=1S/C9H10O5S/c1-15(13,14)7-4-2-3-6(5-7)8(10)9(11)12/h2-5,8,10H,1H3,(H,11,12). The highest BCUT2D eigenvalue weighted by Gasteiger charge is 2.17. The van der Waals surface area contributed by atoms with E-state index in [2.05, 4.69) is 0 Å². The summed E-state index contributed by atoms with van der Waals surface area (Å²) in [6, 6.07) is 5.23. The predicted octanol–water partition coefficient (Wildman–Crippen LogP) is 0.208. The van der Waals surface area contributed by atoms with Crippen LogP contribution in [0, 0.1) is 0 Å². The van der Waals surface area contributed by atoms with Crippen molar-refractivity contribution in [3.8, 4) is 0 Å². The summed E-state index contributed by atoms with van der Waals surface area (Å²) in [7, 11) is -3.39. The zero-order valence-electron chi connectivity index (χ0n) is 7.91. The first-order chi connectivity index (χ1) is 6.82. The molecule has 0 saturated heterocycles. The molecule has 0 heterocycles. The van der Waals surface area contributed by atoms with Gasteiger partial charge in [0.15, 0.2) is 15.9 Å². The summed E-state index contributed by atoms with van der Waals surface area (Å²) < 4.78 is 22.3. The molecular weight excluding hydrogens is 220 g/mol. The molecule has 6 heteroatoms. The van der Waals surface area contributed by atoms with Gasteiger partial charge < -0.3 is 10.2 Å². The fourth-order valence-corrected chi connectivity index (χ4v) is 1.73. The van der Waals surface area contributed by atoms with Crippen molar-refractivity contribution in [2.45, 2.75) is 11.0 Å². The SMILES string of the molecule is CS(=O)(=O)c1cccc(C(O)C(=O)O)c1. The molecule has 15 heavy (non-hydrogen) atoms. The second kappa shape index (κ2) is 4.00. The lowest BCUT2D eigenvalue weighted by Crippen LogP contribution is -2.11. The third kappa shape index (κ3) is 2.77. The minimum absolute atomic E-state index is 0.0136.